The van der Waals surface area contributed by atoms with Crippen LogP contribution in [0, 0.1) is 5.92 Å². The minimum atomic E-state index is -0.511. The van der Waals surface area contributed by atoms with Crippen molar-refractivity contribution in [3.63, 3.8) is 0 Å². The Bertz CT molecular complexity index is 1240. The predicted octanol–water partition coefficient (Wildman–Crippen LogP) is 4.97. The molecule has 2 aromatic heterocycles. The largest absolute Gasteiger partial charge is 0.493 e. The van der Waals surface area contributed by atoms with E-state index in [-0.39, 0.29) is 24.1 Å². The van der Waals surface area contributed by atoms with E-state index in [0.717, 1.165) is 17.2 Å². The lowest BCUT2D eigenvalue weighted by Gasteiger charge is -2.09. The van der Waals surface area contributed by atoms with Crippen LogP contribution in [0.4, 0.5) is 0 Å². The number of aryl methyl sites for hydroxylation is 1. The average Bonchev–Trinajstić information content (AvgIpc) is 3.38. The summed E-state index contributed by atoms with van der Waals surface area (Å²) in [5.74, 6) is 1.27. The molecule has 4 rings (SSSR count). The third-order valence-corrected chi connectivity index (χ3v) is 6.46. The quantitative estimate of drug-likeness (QED) is 0.330. The van der Waals surface area contributed by atoms with Crippen LogP contribution in [-0.4, -0.2) is 46.4 Å². The number of aromatic nitrogens is 3. The van der Waals surface area contributed by atoms with Crippen molar-refractivity contribution in [3.05, 3.63) is 58.3 Å². The summed E-state index contributed by atoms with van der Waals surface area (Å²) in [4.78, 5) is 28.9. The molecule has 11 heteroatoms. The highest BCUT2D eigenvalue weighted by Crippen LogP contribution is 2.35. The molecule has 1 aliphatic rings. The van der Waals surface area contributed by atoms with E-state index in [1.807, 2.05) is 25.1 Å². The maximum atomic E-state index is 12.2. The molecule has 9 nitrogen and oxygen atoms in total. The summed E-state index contributed by atoms with van der Waals surface area (Å²) in [7, 11) is 1.30. The fraction of sp³-hybridized carbons (Fsp3) is 0.360. The van der Waals surface area contributed by atoms with E-state index in [4.69, 9.17) is 21.1 Å². The van der Waals surface area contributed by atoms with E-state index >= 15 is 0 Å². The molecule has 0 radical (unpaired) electrons. The van der Waals surface area contributed by atoms with Gasteiger partial charge in [-0.3, -0.25) is 9.48 Å². The van der Waals surface area contributed by atoms with Gasteiger partial charge in [-0.05, 0) is 50.0 Å². The molecule has 3 aromatic rings. The maximum absolute atomic E-state index is 12.2. The van der Waals surface area contributed by atoms with Crippen LogP contribution >= 0.6 is 22.9 Å². The van der Waals surface area contributed by atoms with Gasteiger partial charge in [-0.2, -0.15) is 5.10 Å². The molecule has 0 unspecified atom stereocenters. The van der Waals surface area contributed by atoms with E-state index in [2.05, 4.69) is 20.1 Å². The van der Waals surface area contributed by atoms with Crippen molar-refractivity contribution in [1.82, 2.24) is 20.1 Å². The zero-order chi connectivity index (χ0) is 25.5. The fourth-order valence-corrected chi connectivity index (χ4v) is 4.07. The smallest absolute Gasteiger partial charge is 0.358 e. The van der Waals surface area contributed by atoms with Gasteiger partial charge in [0.05, 0.1) is 23.6 Å². The van der Waals surface area contributed by atoms with E-state index in [1.54, 1.807) is 30.6 Å². The van der Waals surface area contributed by atoms with Crippen molar-refractivity contribution in [2.75, 3.05) is 13.7 Å². The first-order chi connectivity index (χ1) is 17.4. The van der Waals surface area contributed by atoms with Gasteiger partial charge >= 0.3 is 5.97 Å². The average molecular weight is 531 g/mol. The summed E-state index contributed by atoms with van der Waals surface area (Å²) >= 11 is 7.71. The maximum Gasteiger partial charge on any atom is 0.358 e. The molecular formula is C25H27ClN4O5S. The zero-order valence-corrected chi connectivity index (χ0v) is 21.6. The monoisotopic (exact) mass is 530 g/mol. The van der Waals surface area contributed by atoms with Crippen molar-refractivity contribution >= 4 is 40.9 Å². The third-order valence-electron chi connectivity index (χ3n) is 5.33. The van der Waals surface area contributed by atoms with Gasteiger partial charge in [-0.25, -0.2) is 9.78 Å². The predicted molar refractivity (Wildman–Crippen MR) is 137 cm³/mol. The van der Waals surface area contributed by atoms with Gasteiger partial charge < -0.3 is 19.5 Å². The number of ether oxygens (including phenoxy) is 3. The second-order valence-corrected chi connectivity index (χ2v) is 9.83. The van der Waals surface area contributed by atoms with Gasteiger partial charge in [0, 0.05) is 37.5 Å². The topological polar surface area (TPSA) is 105 Å². The summed E-state index contributed by atoms with van der Waals surface area (Å²) < 4.78 is 17.7. The Hall–Kier alpha value is -3.37. The lowest BCUT2D eigenvalue weighted by molar-refractivity contribution is -0.121. The highest BCUT2D eigenvalue weighted by atomic mass is 35.5. The Morgan fingerprint density at radius 3 is 2.92 bits per heavy atom. The Morgan fingerprint density at radius 2 is 2.17 bits per heavy atom. The van der Waals surface area contributed by atoms with Crippen molar-refractivity contribution in [3.8, 4) is 16.7 Å². The van der Waals surface area contributed by atoms with Crippen LogP contribution < -0.4 is 14.8 Å². The van der Waals surface area contributed by atoms with E-state index in [9.17, 15) is 9.59 Å². The highest BCUT2D eigenvalue weighted by Gasteiger charge is 2.22. The normalized spacial score (nSPS) is 14.0. The van der Waals surface area contributed by atoms with Crippen LogP contribution in [0.25, 0.3) is 6.08 Å². The van der Waals surface area contributed by atoms with Gasteiger partial charge in [0.25, 0.3) is 5.19 Å². The Morgan fingerprint density at radius 1 is 1.33 bits per heavy atom. The number of halogens is 1. The van der Waals surface area contributed by atoms with Gasteiger partial charge in [-0.15, -0.1) is 0 Å². The van der Waals surface area contributed by atoms with E-state index in [0.29, 0.717) is 28.4 Å². The number of rotatable bonds is 12. The molecule has 1 N–H and O–H groups in total. The number of hydrogen-bond acceptors (Lipinski definition) is 8. The zero-order valence-electron chi connectivity index (χ0n) is 20.0. The van der Waals surface area contributed by atoms with Crippen LogP contribution in [0.2, 0.25) is 5.02 Å². The molecule has 0 saturated heterocycles. The highest BCUT2D eigenvalue weighted by molar-refractivity contribution is 7.14. The number of thiazole rings is 1. The molecule has 1 atom stereocenters. The number of esters is 1. The molecule has 190 valence electrons. The van der Waals surface area contributed by atoms with Crippen molar-refractivity contribution in [2.24, 2.45) is 5.92 Å². The van der Waals surface area contributed by atoms with Crippen LogP contribution in [0.3, 0.4) is 0 Å². The Labute approximate surface area is 218 Å². The second kappa shape index (κ2) is 12.0. The molecule has 1 amide bonds. The molecule has 36 heavy (non-hydrogen) atoms. The lowest BCUT2D eigenvalue weighted by atomic mass is 10.2. The van der Waals surface area contributed by atoms with Crippen molar-refractivity contribution in [2.45, 2.75) is 38.8 Å². The molecular weight excluding hydrogens is 504 g/mol. The number of carbonyl (C=O) groups excluding carboxylic acids is 2. The second-order valence-electron chi connectivity index (χ2n) is 8.40. The van der Waals surface area contributed by atoms with E-state index < -0.39 is 5.97 Å². The number of nitrogens with one attached hydrogen (secondary N) is 1. The Kier molecular flexibility index (Phi) is 8.61. The molecule has 0 spiro atoms. The van der Waals surface area contributed by atoms with Crippen molar-refractivity contribution < 1.29 is 23.8 Å². The van der Waals surface area contributed by atoms with Crippen LogP contribution in [-0.2, 0) is 16.1 Å². The van der Waals surface area contributed by atoms with Gasteiger partial charge in [0.2, 0.25) is 5.91 Å². The van der Waals surface area contributed by atoms with E-state index in [1.165, 1.54) is 36.0 Å². The number of hydrogen-bond donors (Lipinski definition) is 1. The molecule has 1 fully saturated rings. The standard InChI is InChI=1S/C25H27ClN4O5S/c1-16(28-23(31)10-12-30-11-9-21(29-30)24(32)33-2)3-7-19-14-27-25(36-19)35-22-8-6-18(13-20(22)26)34-15-17-4-5-17/h3,6-9,11,13-14,16-17H,4-5,10,12,15H2,1-2H3,(H,28,31)/b7-3+/t16-/m0/s1. The number of nitrogens with zero attached hydrogens (tertiary/aromatic N) is 3. The summed E-state index contributed by atoms with van der Waals surface area (Å²) in [5, 5.41) is 7.91. The molecule has 0 aliphatic heterocycles. The third kappa shape index (κ3) is 7.56. The summed E-state index contributed by atoms with van der Waals surface area (Å²) in [6.45, 7) is 2.95. The summed E-state index contributed by atoms with van der Waals surface area (Å²) in [6.07, 6.45) is 9.77. The molecule has 1 aliphatic carbocycles. The Balaban J connectivity index is 1.22. The molecule has 2 heterocycles. The fourth-order valence-electron chi connectivity index (χ4n) is 3.17. The van der Waals surface area contributed by atoms with Crippen LogP contribution in [0.15, 0.2) is 42.7 Å². The number of benzene rings is 1. The minimum Gasteiger partial charge on any atom is -0.493 e. The van der Waals surface area contributed by atoms with Gasteiger partial charge in [0.1, 0.15) is 11.5 Å². The SMILES string of the molecule is COC(=O)c1ccn(CCC(=O)N[C@@H](C)/C=C/c2cnc(Oc3ccc(OCC4CC4)cc3Cl)s2)n1. The number of methoxy groups -OCH3 is 1. The summed E-state index contributed by atoms with van der Waals surface area (Å²) in [6, 6.07) is 6.73. The van der Waals surface area contributed by atoms with Gasteiger partial charge in [0.15, 0.2) is 5.69 Å². The van der Waals surface area contributed by atoms with Crippen LogP contribution in [0.1, 0.15) is 41.6 Å². The minimum absolute atomic E-state index is 0.130. The van der Waals surface area contributed by atoms with Crippen LogP contribution in [0.5, 0.6) is 16.7 Å². The molecule has 1 aromatic carbocycles. The number of amides is 1. The number of carbonyl (C=O) groups is 2. The lowest BCUT2D eigenvalue weighted by Crippen LogP contribution is -2.31. The first-order valence-corrected chi connectivity index (χ1v) is 12.7. The first-order valence-electron chi connectivity index (χ1n) is 11.5. The molecule has 0 bridgehead atoms. The van der Waals surface area contributed by atoms with Crippen molar-refractivity contribution in [1.29, 1.82) is 0 Å². The first kappa shape index (κ1) is 25.7. The van der Waals surface area contributed by atoms with Gasteiger partial charge in [-0.1, -0.05) is 29.0 Å². The molecule has 1 saturated carbocycles. The summed E-state index contributed by atoms with van der Waals surface area (Å²) in [5.41, 5.74) is 0.208.